The Morgan fingerprint density at radius 3 is 2.55 bits per heavy atom. The summed E-state index contributed by atoms with van der Waals surface area (Å²) >= 11 is 0. The second kappa shape index (κ2) is 8.13. The second-order valence-electron chi connectivity index (χ2n) is 8.04. The molecule has 1 fully saturated rings. The van der Waals surface area contributed by atoms with Crippen LogP contribution in [-0.2, 0) is 11.2 Å². The molecule has 0 radical (unpaired) electrons. The number of hydrogen-bond acceptors (Lipinski definition) is 4. The number of nitrogens with two attached hydrogens (primary N) is 1. The number of nitrogens with zero attached hydrogens (tertiary/aromatic N) is 1. The van der Waals surface area contributed by atoms with Crippen LogP contribution in [0.15, 0.2) is 36.4 Å². The van der Waals surface area contributed by atoms with Crippen LogP contribution in [0.5, 0.6) is 5.75 Å². The molecule has 2 atom stereocenters. The molecule has 1 amide bonds. The molecule has 0 bridgehead atoms. The molecule has 0 unspecified atom stereocenters. The van der Waals surface area contributed by atoms with Crippen molar-refractivity contribution in [2.24, 2.45) is 11.7 Å². The Morgan fingerprint density at radius 2 is 1.90 bits per heavy atom. The van der Waals surface area contributed by atoms with Gasteiger partial charge < -0.3 is 20.5 Å². The minimum atomic E-state index is -0.345. The van der Waals surface area contributed by atoms with Crippen molar-refractivity contribution in [1.82, 2.24) is 4.90 Å². The molecular formula is C23H27FN2O3. The van der Waals surface area contributed by atoms with E-state index in [1.165, 1.54) is 24.3 Å². The summed E-state index contributed by atoms with van der Waals surface area (Å²) in [5.74, 6) is 0.238. The normalized spacial score (nSPS) is 22.4. The van der Waals surface area contributed by atoms with E-state index < -0.39 is 0 Å². The molecule has 154 valence electrons. The first kappa shape index (κ1) is 19.9. The van der Waals surface area contributed by atoms with Gasteiger partial charge in [0.25, 0.3) is 5.91 Å². The zero-order valence-corrected chi connectivity index (χ0v) is 16.6. The third kappa shape index (κ3) is 3.87. The van der Waals surface area contributed by atoms with Crippen LogP contribution in [0.25, 0.3) is 0 Å². The van der Waals surface area contributed by atoms with Gasteiger partial charge in [-0.15, -0.1) is 0 Å². The number of aromatic hydroxyl groups is 1. The third-order valence-corrected chi connectivity index (χ3v) is 6.27. The summed E-state index contributed by atoms with van der Waals surface area (Å²) < 4.78 is 19.4. The molecule has 5 nitrogen and oxygen atoms in total. The molecule has 29 heavy (non-hydrogen) atoms. The molecular weight excluding hydrogens is 371 g/mol. The molecule has 2 aliphatic rings. The first-order chi connectivity index (χ1) is 14.0. The number of rotatable bonds is 3. The molecule has 0 spiro atoms. The molecule has 4 rings (SSSR count). The summed E-state index contributed by atoms with van der Waals surface area (Å²) in [6, 6.07) is 9.59. The second-order valence-corrected chi connectivity index (χ2v) is 8.04. The van der Waals surface area contributed by atoms with Crippen LogP contribution in [-0.4, -0.2) is 41.7 Å². The zero-order chi connectivity index (χ0) is 20.5. The molecule has 2 aromatic carbocycles. The maximum atomic E-state index is 13.1. The van der Waals surface area contributed by atoms with Crippen molar-refractivity contribution in [3.05, 3.63) is 64.5 Å². The van der Waals surface area contributed by atoms with Crippen LogP contribution in [0, 0.1) is 18.7 Å². The number of phenols is 1. The number of hydrogen-bond donors (Lipinski definition) is 2. The fourth-order valence-corrected chi connectivity index (χ4v) is 4.53. The van der Waals surface area contributed by atoms with Gasteiger partial charge in [0, 0.05) is 37.2 Å². The van der Waals surface area contributed by atoms with E-state index in [0.29, 0.717) is 43.3 Å². The first-order valence-electron chi connectivity index (χ1n) is 10.2. The molecule has 0 aromatic heterocycles. The van der Waals surface area contributed by atoms with E-state index in [9.17, 15) is 14.3 Å². The van der Waals surface area contributed by atoms with Crippen molar-refractivity contribution in [2.75, 3.05) is 19.6 Å². The topological polar surface area (TPSA) is 75.8 Å². The number of benzene rings is 2. The lowest BCUT2D eigenvalue weighted by atomic mass is 9.83. The zero-order valence-electron chi connectivity index (χ0n) is 16.6. The maximum Gasteiger partial charge on any atom is 0.253 e. The van der Waals surface area contributed by atoms with Crippen LogP contribution in [0.3, 0.4) is 0 Å². The highest BCUT2D eigenvalue weighted by molar-refractivity contribution is 5.94. The fraction of sp³-hybridized carbons (Fsp3) is 0.435. The predicted octanol–water partition coefficient (Wildman–Crippen LogP) is 3.33. The van der Waals surface area contributed by atoms with Gasteiger partial charge in [0.05, 0.1) is 12.2 Å². The SMILES string of the molecule is Cc1ccc2c(c1O)C[C@@H](C1CCN(C(=O)c3ccc(F)cc3)CC1)O[C@H]2CN. The highest BCUT2D eigenvalue weighted by Gasteiger charge is 2.36. The van der Waals surface area contributed by atoms with E-state index >= 15 is 0 Å². The molecule has 2 aliphatic heterocycles. The van der Waals surface area contributed by atoms with Crippen molar-refractivity contribution in [3.8, 4) is 5.75 Å². The number of carbonyl (C=O) groups is 1. The van der Waals surface area contributed by atoms with E-state index in [4.69, 9.17) is 10.5 Å². The average Bonchev–Trinajstić information content (AvgIpc) is 2.76. The van der Waals surface area contributed by atoms with E-state index in [2.05, 4.69) is 0 Å². The summed E-state index contributed by atoms with van der Waals surface area (Å²) in [5, 5.41) is 10.6. The van der Waals surface area contributed by atoms with Gasteiger partial charge in [0.1, 0.15) is 11.6 Å². The number of likely N-dealkylation sites (tertiary alicyclic amines) is 1. The minimum Gasteiger partial charge on any atom is -0.507 e. The third-order valence-electron chi connectivity index (χ3n) is 6.27. The van der Waals surface area contributed by atoms with Gasteiger partial charge in [-0.2, -0.15) is 0 Å². The highest BCUT2D eigenvalue weighted by atomic mass is 19.1. The van der Waals surface area contributed by atoms with Crippen LogP contribution in [0.1, 0.15) is 46.0 Å². The van der Waals surface area contributed by atoms with E-state index in [1.54, 1.807) is 0 Å². The number of halogens is 1. The fourth-order valence-electron chi connectivity index (χ4n) is 4.53. The molecule has 6 heteroatoms. The van der Waals surface area contributed by atoms with Crippen LogP contribution < -0.4 is 5.73 Å². The predicted molar refractivity (Wildman–Crippen MR) is 108 cm³/mol. The van der Waals surface area contributed by atoms with E-state index in [0.717, 1.165) is 29.5 Å². The van der Waals surface area contributed by atoms with E-state index in [-0.39, 0.29) is 23.9 Å². The number of piperidine rings is 1. The summed E-state index contributed by atoms with van der Waals surface area (Å²) in [6.07, 6.45) is 2.09. The average molecular weight is 398 g/mol. The van der Waals surface area contributed by atoms with Gasteiger partial charge in [-0.1, -0.05) is 12.1 Å². The Morgan fingerprint density at radius 1 is 1.21 bits per heavy atom. The highest BCUT2D eigenvalue weighted by Crippen LogP contribution is 2.40. The van der Waals surface area contributed by atoms with Crippen molar-refractivity contribution in [2.45, 2.75) is 38.4 Å². The lowest BCUT2D eigenvalue weighted by Crippen LogP contribution is -2.44. The molecule has 0 aliphatic carbocycles. The summed E-state index contributed by atoms with van der Waals surface area (Å²) in [6.45, 7) is 3.55. The number of carbonyl (C=O) groups excluding carboxylic acids is 1. The Hall–Kier alpha value is -2.44. The number of amides is 1. The molecule has 1 saturated heterocycles. The standard InChI is InChI=1S/C23H27FN2O3/c1-14-2-7-18-19(22(14)27)12-20(29-21(18)13-25)15-8-10-26(11-9-15)23(28)16-3-5-17(24)6-4-16/h2-7,15,20-21,27H,8-13,25H2,1H3/t20-,21-/m0/s1. The number of aryl methyl sites for hydroxylation is 1. The Balaban J connectivity index is 1.44. The molecule has 0 saturated carbocycles. The quantitative estimate of drug-likeness (QED) is 0.832. The summed E-state index contributed by atoms with van der Waals surface area (Å²) in [5.41, 5.74) is 9.25. The smallest absolute Gasteiger partial charge is 0.253 e. The van der Waals surface area contributed by atoms with E-state index in [1.807, 2.05) is 24.0 Å². The van der Waals surface area contributed by atoms with Gasteiger partial charge in [-0.05, 0) is 61.1 Å². The van der Waals surface area contributed by atoms with Gasteiger partial charge in [-0.25, -0.2) is 4.39 Å². The van der Waals surface area contributed by atoms with Crippen molar-refractivity contribution in [1.29, 1.82) is 0 Å². The Labute approximate surface area is 170 Å². The van der Waals surface area contributed by atoms with Crippen LogP contribution in [0.4, 0.5) is 4.39 Å². The Kier molecular flexibility index (Phi) is 5.56. The van der Waals surface area contributed by atoms with Crippen molar-refractivity contribution in [3.63, 3.8) is 0 Å². The van der Waals surface area contributed by atoms with Gasteiger partial charge in [-0.3, -0.25) is 4.79 Å². The number of ether oxygens (including phenoxy) is 1. The first-order valence-corrected chi connectivity index (χ1v) is 10.2. The summed E-state index contributed by atoms with van der Waals surface area (Å²) in [4.78, 5) is 14.5. The van der Waals surface area contributed by atoms with Crippen LogP contribution in [0.2, 0.25) is 0 Å². The number of fused-ring (bicyclic) bond motifs is 1. The maximum absolute atomic E-state index is 13.1. The van der Waals surface area contributed by atoms with Gasteiger partial charge in [0.2, 0.25) is 0 Å². The minimum absolute atomic E-state index is 0.0215. The molecule has 2 heterocycles. The molecule has 2 aromatic rings. The lowest BCUT2D eigenvalue weighted by molar-refractivity contribution is -0.0632. The Bertz CT molecular complexity index is 892. The lowest BCUT2D eigenvalue weighted by Gasteiger charge is -2.40. The van der Waals surface area contributed by atoms with Crippen molar-refractivity contribution >= 4 is 5.91 Å². The summed E-state index contributed by atoms with van der Waals surface area (Å²) in [7, 11) is 0. The van der Waals surface area contributed by atoms with Crippen LogP contribution >= 0.6 is 0 Å². The molecule has 3 N–H and O–H groups in total. The largest absolute Gasteiger partial charge is 0.507 e. The monoisotopic (exact) mass is 398 g/mol. The van der Waals surface area contributed by atoms with Gasteiger partial charge in [0.15, 0.2) is 0 Å². The van der Waals surface area contributed by atoms with Crippen molar-refractivity contribution < 1.29 is 19.0 Å². The van der Waals surface area contributed by atoms with Gasteiger partial charge >= 0.3 is 0 Å². The number of phenolic OH excluding ortho intramolecular Hbond substituents is 1.